The molecule has 1 unspecified atom stereocenters. The lowest BCUT2D eigenvalue weighted by molar-refractivity contribution is -0.145. The van der Waals surface area contributed by atoms with Crippen LogP contribution in [0.2, 0.25) is 0 Å². The number of esters is 1. The number of rotatable bonds is 3. The van der Waals surface area contributed by atoms with E-state index < -0.39 is 0 Å². The van der Waals surface area contributed by atoms with Gasteiger partial charge in [0.2, 0.25) is 0 Å². The summed E-state index contributed by atoms with van der Waals surface area (Å²) in [5.41, 5.74) is 1.13. The first kappa shape index (κ1) is 11.7. The second-order valence-electron chi connectivity index (χ2n) is 2.83. The van der Waals surface area contributed by atoms with Crippen LogP contribution in [-0.2, 0) is 9.53 Å². The van der Waals surface area contributed by atoms with E-state index in [4.69, 9.17) is 4.74 Å². The minimum atomic E-state index is -0.166. The van der Waals surface area contributed by atoms with Gasteiger partial charge in [0, 0.05) is 10.9 Å². The second-order valence-corrected chi connectivity index (χ2v) is 3.69. The number of carbonyl (C=O) groups excluding carboxylic acids is 1. The number of hydrogen-bond acceptors (Lipinski definition) is 2. The standard InChI is InChI=1S/C9H15BrO2/c1-5-8(11)12-7(4)9(10)6(2)3/h7H,5H2,1-4H3. The van der Waals surface area contributed by atoms with Gasteiger partial charge in [0.1, 0.15) is 6.10 Å². The van der Waals surface area contributed by atoms with E-state index >= 15 is 0 Å². The molecule has 0 spiro atoms. The van der Waals surface area contributed by atoms with E-state index in [0.29, 0.717) is 6.42 Å². The zero-order chi connectivity index (χ0) is 9.72. The Morgan fingerprint density at radius 2 is 2.00 bits per heavy atom. The predicted molar refractivity (Wildman–Crippen MR) is 53.1 cm³/mol. The van der Waals surface area contributed by atoms with E-state index in [1.54, 1.807) is 6.92 Å². The van der Waals surface area contributed by atoms with Crippen molar-refractivity contribution in [3.05, 3.63) is 10.1 Å². The quantitative estimate of drug-likeness (QED) is 0.703. The van der Waals surface area contributed by atoms with Crippen molar-refractivity contribution in [2.75, 3.05) is 0 Å². The lowest BCUT2D eigenvalue weighted by Gasteiger charge is -2.13. The van der Waals surface area contributed by atoms with Crippen LogP contribution in [0.1, 0.15) is 34.1 Å². The zero-order valence-electron chi connectivity index (χ0n) is 7.98. The highest BCUT2D eigenvalue weighted by molar-refractivity contribution is 9.11. The highest BCUT2D eigenvalue weighted by atomic mass is 79.9. The van der Waals surface area contributed by atoms with Crippen LogP contribution in [0.25, 0.3) is 0 Å². The summed E-state index contributed by atoms with van der Waals surface area (Å²) < 4.78 is 6.03. The average molecular weight is 235 g/mol. The van der Waals surface area contributed by atoms with Crippen molar-refractivity contribution in [3.63, 3.8) is 0 Å². The summed E-state index contributed by atoms with van der Waals surface area (Å²) in [6.07, 6.45) is 0.260. The van der Waals surface area contributed by atoms with E-state index in [9.17, 15) is 4.79 Å². The maximum Gasteiger partial charge on any atom is 0.306 e. The topological polar surface area (TPSA) is 26.3 Å². The summed E-state index contributed by atoms with van der Waals surface area (Å²) in [5, 5.41) is 0. The third kappa shape index (κ3) is 3.90. The van der Waals surface area contributed by atoms with Crippen LogP contribution < -0.4 is 0 Å². The fourth-order valence-electron chi connectivity index (χ4n) is 0.739. The Balaban J connectivity index is 4.14. The van der Waals surface area contributed by atoms with Crippen molar-refractivity contribution in [3.8, 4) is 0 Å². The molecule has 0 fully saturated rings. The molecule has 70 valence electrons. The Morgan fingerprint density at radius 1 is 1.50 bits per heavy atom. The normalized spacial score (nSPS) is 12.1. The van der Waals surface area contributed by atoms with Gasteiger partial charge in [-0.2, -0.15) is 0 Å². The Bertz CT molecular complexity index is 193. The largest absolute Gasteiger partial charge is 0.457 e. The molecule has 0 heterocycles. The molecular formula is C9H15BrO2. The first-order chi connectivity index (χ1) is 5.49. The van der Waals surface area contributed by atoms with Crippen LogP contribution in [0, 0.1) is 0 Å². The van der Waals surface area contributed by atoms with Crippen molar-refractivity contribution in [2.45, 2.75) is 40.2 Å². The molecule has 3 heteroatoms. The fourth-order valence-corrected chi connectivity index (χ4v) is 0.832. The smallest absolute Gasteiger partial charge is 0.306 e. The van der Waals surface area contributed by atoms with Crippen molar-refractivity contribution in [2.24, 2.45) is 0 Å². The van der Waals surface area contributed by atoms with Gasteiger partial charge in [0.25, 0.3) is 0 Å². The van der Waals surface area contributed by atoms with Crippen molar-refractivity contribution in [1.82, 2.24) is 0 Å². The number of halogens is 1. The first-order valence-electron chi connectivity index (χ1n) is 4.01. The molecule has 0 aliphatic heterocycles. The molecule has 1 atom stereocenters. The molecular weight excluding hydrogens is 220 g/mol. The predicted octanol–water partition coefficient (Wildman–Crippen LogP) is 3.02. The summed E-state index contributed by atoms with van der Waals surface area (Å²) in [6.45, 7) is 7.58. The van der Waals surface area contributed by atoms with Crippen LogP contribution >= 0.6 is 15.9 Å². The van der Waals surface area contributed by atoms with E-state index in [-0.39, 0.29) is 12.1 Å². The van der Waals surface area contributed by atoms with Crippen LogP contribution in [-0.4, -0.2) is 12.1 Å². The molecule has 0 aromatic rings. The monoisotopic (exact) mass is 234 g/mol. The maximum absolute atomic E-state index is 10.9. The minimum Gasteiger partial charge on any atom is -0.457 e. The highest BCUT2D eigenvalue weighted by Crippen LogP contribution is 2.18. The van der Waals surface area contributed by atoms with Gasteiger partial charge in [-0.05, 0) is 20.8 Å². The SMILES string of the molecule is CCC(=O)OC(C)C(Br)=C(C)C. The van der Waals surface area contributed by atoms with E-state index in [1.165, 1.54) is 0 Å². The number of hydrogen-bond donors (Lipinski definition) is 0. The third-order valence-electron chi connectivity index (χ3n) is 1.43. The summed E-state index contributed by atoms with van der Waals surface area (Å²) in [4.78, 5) is 10.9. The summed E-state index contributed by atoms with van der Waals surface area (Å²) in [7, 11) is 0. The van der Waals surface area contributed by atoms with Gasteiger partial charge >= 0.3 is 5.97 Å². The second kappa shape index (κ2) is 5.36. The molecule has 0 radical (unpaired) electrons. The summed E-state index contributed by atoms with van der Waals surface area (Å²) >= 11 is 3.37. The molecule has 0 aromatic heterocycles. The molecule has 12 heavy (non-hydrogen) atoms. The van der Waals surface area contributed by atoms with Gasteiger partial charge in [-0.15, -0.1) is 0 Å². The zero-order valence-corrected chi connectivity index (χ0v) is 9.56. The van der Waals surface area contributed by atoms with E-state index in [2.05, 4.69) is 15.9 Å². The molecule has 0 aromatic carbocycles. The Morgan fingerprint density at radius 3 is 2.33 bits per heavy atom. The summed E-state index contributed by atoms with van der Waals surface area (Å²) in [6, 6.07) is 0. The molecule has 0 aliphatic rings. The molecule has 0 N–H and O–H groups in total. The molecule has 0 amide bonds. The van der Waals surface area contributed by atoms with Gasteiger partial charge in [0.05, 0.1) is 0 Å². The van der Waals surface area contributed by atoms with Gasteiger partial charge < -0.3 is 4.74 Å². The van der Waals surface area contributed by atoms with Gasteiger partial charge in [-0.25, -0.2) is 0 Å². The third-order valence-corrected chi connectivity index (χ3v) is 2.87. The molecule has 0 aliphatic carbocycles. The van der Waals surface area contributed by atoms with Gasteiger partial charge in [0.15, 0.2) is 0 Å². The molecule has 0 saturated carbocycles. The number of allylic oxidation sites excluding steroid dienone is 1. The van der Waals surface area contributed by atoms with Gasteiger partial charge in [-0.3, -0.25) is 4.79 Å². The van der Waals surface area contributed by atoms with Crippen LogP contribution in [0.3, 0.4) is 0 Å². The number of carbonyl (C=O) groups is 1. The Hall–Kier alpha value is -0.310. The van der Waals surface area contributed by atoms with Crippen LogP contribution in [0.4, 0.5) is 0 Å². The van der Waals surface area contributed by atoms with Gasteiger partial charge in [-0.1, -0.05) is 28.4 Å². The lowest BCUT2D eigenvalue weighted by atomic mass is 10.2. The average Bonchev–Trinajstić information content (AvgIpc) is 2.02. The lowest BCUT2D eigenvalue weighted by Crippen LogP contribution is -2.14. The van der Waals surface area contributed by atoms with Crippen molar-refractivity contribution < 1.29 is 9.53 Å². The fraction of sp³-hybridized carbons (Fsp3) is 0.667. The molecule has 2 nitrogen and oxygen atoms in total. The Labute approximate surface area is 82.1 Å². The highest BCUT2D eigenvalue weighted by Gasteiger charge is 2.11. The van der Waals surface area contributed by atoms with E-state index in [0.717, 1.165) is 10.1 Å². The molecule has 0 rings (SSSR count). The van der Waals surface area contributed by atoms with Crippen molar-refractivity contribution in [1.29, 1.82) is 0 Å². The maximum atomic E-state index is 10.9. The number of ether oxygens (including phenoxy) is 1. The van der Waals surface area contributed by atoms with Crippen molar-refractivity contribution >= 4 is 21.9 Å². The van der Waals surface area contributed by atoms with E-state index in [1.807, 2.05) is 20.8 Å². The van der Waals surface area contributed by atoms with Crippen LogP contribution in [0.5, 0.6) is 0 Å². The molecule has 0 saturated heterocycles. The minimum absolute atomic E-state index is 0.164. The summed E-state index contributed by atoms with van der Waals surface area (Å²) in [5.74, 6) is -0.166. The molecule has 0 bridgehead atoms. The van der Waals surface area contributed by atoms with Crippen LogP contribution in [0.15, 0.2) is 10.1 Å². The Kier molecular flexibility index (Phi) is 5.22. The first-order valence-corrected chi connectivity index (χ1v) is 4.80.